The van der Waals surface area contributed by atoms with Gasteiger partial charge in [0.2, 0.25) is 5.91 Å². The van der Waals surface area contributed by atoms with E-state index in [1.807, 2.05) is 45.0 Å². The molecule has 3 nitrogen and oxygen atoms in total. The van der Waals surface area contributed by atoms with Crippen molar-refractivity contribution >= 4 is 12.0 Å². The highest BCUT2D eigenvalue weighted by Gasteiger charge is 2.47. The van der Waals surface area contributed by atoms with Crippen LogP contribution in [0, 0.1) is 12.3 Å². The van der Waals surface area contributed by atoms with Crippen LogP contribution in [0.25, 0.3) is 6.08 Å². The lowest BCUT2D eigenvalue weighted by molar-refractivity contribution is -0.124. The summed E-state index contributed by atoms with van der Waals surface area (Å²) in [4.78, 5) is 11.8. The minimum atomic E-state index is -0.320. The van der Waals surface area contributed by atoms with Crippen LogP contribution in [0.3, 0.4) is 0 Å². The molecular weight excluding hydrogens is 238 g/mol. The van der Waals surface area contributed by atoms with Crippen LogP contribution < -0.4 is 5.32 Å². The molecule has 1 saturated carbocycles. The molecule has 2 N–H and O–H groups in total. The average Bonchev–Trinajstić information content (AvgIpc) is 2.38. The topological polar surface area (TPSA) is 49.3 Å². The van der Waals surface area contributed by atoms with Gasteiger partial charge < -0.3 is 10.4 Å². The largest absolute Gasteiger partial charge is 0.392 e. The zero-order valence-electron chi connectivity index (χ0n) is 11.7. The highest BCUT2D eigenvalue weighted by atomic mass is 16.3. The van der Waals surface area contributed by atoms with Gasteiger partial charge in [-0.1, -0.05) is 43.7 Å². The zero-order chi connectivity index (χ0) is 14.0. The molecule has 1 aromatic carbocycles. The molecule has 2 rings (SSSR count). The summed E-state index contributed by atoms with van der Waals surface area (Å²) in [5.41, 5.74) is 1.98. The van der Waals surface area contributed by atoms with E-state index in [-0.39, 0.29) is 23.5 Å². The van der Waals surface area contributed by atoms with Crippen molar-refractivity contribution < 1.29 is 9.90 Å². The van der Waals surface area contributed by atoms with E-state index < -0.39 is 0 Å². The third-order valence-corrected chi connectivity index (χ3v) is 4.04. The smallest absolute Gasteiger partial charge is 0.244 e. The second-order valence-corrected chi connectivity index (χ2v) is 5.88. The van der Waals surface area contributed by atoms with Crippen LogP contribution >= 0.6 is 0 Å². The van der Waals surface area contributed by atoms with Gasteiger partial charge in [-0.2, -0.15) is 0 Å². The Balaban J connectivity index is 1.90. The van der Waals surface area contributed by atoms with Crippen molar-refractivity contribution in [1.82, 2.24) is 5.32 Å². The highest BCUT2D eigenvalue weighted by molar-refractivity contribution is 5.92. The van der Waals surface area contributed by atoms with E-state index in [0.29, 0.717) is 6.42 Å². The number of benzene rings is 1. The van der Waals surface area contributed by atoms with Gasteiger partial charge in [-0.25, -0.2) is 0 Å². The molecule has 1 aromatic rings. The number of amides is 1. The number of aryl methyl sites for hydroxylation is 1. The number of hydrogen-bond donors (Lipinski definition) is 2. The van der Waals surface area contributed by atoms with Gasteiger partial charge in [0.25, 0.3) is 0 Å². The van der Waals surface area contributed by atoms with E-state index in [1.165, 1.54) is 5.56 Å². The van der Waals surface area contributed by atoms with Crippen molar-refractivity contribution in [3.05, 3.63) is 41.5 Å². The minimum Gasteiger partial charge on any atom is -0.392 e. The first kappa shape index (κ1) is 13.8. The van der Waals surface area contributed by atoms with Crippen molar-refractivity contribution in [3.63, 3.8) is 0 Å². The van der Waals surface area contributed by atoms with E-state index in [0.717, 1.165) is 5.56 Å². The van der Waals surface area contributed by atoms with E-state index in [9.17, 15) is 9.90 Å². The summed E-state index contributed by atoms with van der Waals surface area (Å²) in [6.45, 7) is 5.97. The number of hydrogen-bond acceptors (Lipinski definition) is 2. The number of rotatable bonds is 3. The lowest BCUT2D eigenvalue weighted by Crippen LogP contribution is -2.60. The molecule has 3 heteroatoms. The van der Waals surface area contributed by atoms with Crippen LogP contribution in [0.5, 0.6) is 0 Å². The predicted molar refractivity (Wildman–Crippen MR) is 76.5 cm³/mol. The fraction of sp³-hybridized carbons (Fsp3) is 0.438. The Morgan fingerprint density at radius 1 is 1.37 bits per heavy atom. The highest BCUT2D eigenvalue weighted by Crippen LogP contribution is 2.40. The van der Waals surface area contributed by atoms with Gasteiger partial charge in [0.15, 0.2) is 0 Å². The molecule has 0 aromatic heterocycles. The Morgan fingerprint density at radius 3 is 2.53 bits per heavy atom. The van der Waals surface area contributed by atoms with E-state index in [1.54, 1.807) is 12.2 Å². The monoisotopic (exact) mass is 259 g/mol. The Hall–Kier alpha value is -1.61. The van der Waals surface area contributed by atoms with Gasteiger partial charge in [-0.05, 0) is 25.0 Å². The van der Waals surface area contributed by atoms with Crippen molar-refractivity contribution in [2.24, 2.45) is 5.41 Å². The molecule has 0 bridgehead atoms. The van der Waals surface area contributed by atoms with Crippen molar-refractivity contribution in [2.75, 3.05) is 0 Å². The second-order valence-electron chi connectivity index (χ2n) is 5.88. The van der Waals surface area contributed by atoms with Gasteiger partial charge in [-0.15, -0.1) is 0 Å². The first-order valence-electron chi connectivity index (χ1n) is 6.63. The maximum absolute atomic E-state index is 11.8. The number of aliphatic hydroxyl groups is 1. The van der Waals surface area contributed by atoms with Gasteiger partial charge in [0.1, 0.15) is 0 Å². The normalized spacial score (nSPS) is 25.1. The molecule has 102 valence electrons. The summed E-state index contributed by atoms with van der Waals surface area (Å²) in [6, 6.07) is 8.05. The number of carbonyl (C=O) groups is 1. The van der Waals surface area contributed by atoms with Crippen LogP contribution in [-0.2, 0) is 4.79 Å². The lowest BCUT2D eigenvalue weighted by atomic mass is 9.64. The summed E-state index contributed by atoms with van der Waals surface area (Å²) < 4.78 is 0. The fourth-order valence-corrected chi connectivity index (χ4v) is 2.22. The molecule has 0 aliphatic heterocycles. The molecule has 1 fully saturated rings. The molecule has 0 saturated heterocycles. The summed E-state index contributed by atoms with van der Waals surface area (Å²) in [7, 11) is 0. The van der Waals surface area contributed by atoms with Crippen LogP contribution in [0.15, 0.2) is 30.3 Å². The van der Waals surface area contributed by atoms with Gasteiger partial charge in [0.05, 0.1) is 6.10 Å². The predicted octanol–water partition coefficient (Wildman–Crippen LogP) is 2.28. The van der Waals surface area contributed by atoms with E-state index in [4.69, 9.17) is 0 Å². The van der Waals surface area contributed by atoms with Gasteiger partial charge >= 0.3 is 0 Å². The molecule has 19 heavy (non-hydrogen) atoms. The van der Waals surface area contributed by atoms with Crippen LogP contribution in [0.4, 0.5) is 0 Å². The molecule has 2 atom stereocenters. The minimum absolute atomic E-state index is 0.0534. The standard InChI is InChI=1S/C16H21NO2/c1-11-4-6-12(7-5-11)8-9-15(19)17-13-10-14(18)16(13,2)3/h4-9,13-14,18H,10H2,1-3H3,(H,17,19)/b9-8+. The molecule has 0 spiro atoms. The number of carbonyl (C=O) groups excluding carboxylic acids is 1. The number of aliphatic hydroxyl groups excluding tert-OH is 1. The maximum Gasteiger partial charge on any atom is 0.244 e. The molecule has 0 radical (unpaired) electrons. The molecule has 2 unspecified atom stereocenters. The van der Waals surface area contributed by atoms with E-state index >= 15 is 0 Å². The summed E-state index contributed by atoms with van der Waals surface area (Å²) in [6.07, 6.45) is 3.67. The SMILES string of the molecule is Cc1ccc(/C=C/C(=O)NC2CC(O)C2(C)C)cc1. The molecular formula is C16H21NO2. The lowest BCUT2D eigenvalue weighted by Gasteiger charge is -2.49. The Morgan fingerprint density at radius 2 is 2.00 bits per heavy atom. The van der Waals surface area contributed by atoms with Crippen LogP contribution in [-0.4, -0.2) is 23.2 Å². The van der Waals surface area contributed by atoms with Crippen molar-refractivity contribution in [3.8, 4) is 0 Å². The van der Waals surface area contributed by atoms with Crippen molar-refractivity contribution in [1.29, 1.82) is 0 Å². The Labute approximate surface area is 114 Å². The van der Waals surface area contributed by atoms with Gasteiger partial charge in [0, 0.05) is 17.5 Å². The van der Waals surface area contributed by atoms with Crippen LogP contribution in [0.1, 0.15) is 31.4 Å². The Bertz CT molecular complexity index is 488. The summed E-state index contributed by atoms with van der Waals surface area (Å²) in [5, 5.41) is 12.6. The third kappa shape index (κ3) is 3.04. The first-order valence-corrected chi connectivity index (χ1v) is 6.63. The quantitative estimate of drug-likeness (QED) is 0.818. The van der Waals surface area contributed by atoms with Gasteiger partial charge in [-0.3, -0.25) is 4.79 Å². The average molecular weight is 259 g/mol. The third-order valence-electron chi connectivity index (χ3n) is 4.04. The Kier molecular flexibility index (Phi) is 3.76. The molecule has 0 heterocycles. The number of nitrogens with one attached hydrogen (secondary N) is 1. The second kappa shape index (κ2) is 5.17. The maximum atomic E-state index is 11.8. The molecule has 1 aliphatic rings. The first-order chi connectivity index (χ1) is 8.89. The van der Waals surface area contributed by atoms with E-state index in [2.05, 4.69) is 5.32 Å². The zero-order valence-corrected chi connectivity index (χ0v) is 11.7. The molecule has 1 amide bonds. The van der Waals surface area contributed by atoms with Crippen molar-refractivity contribution in [2.45, 2.75) is 39.3 Å². The summed E-state index contributed by atoms with van der Waals surface area (Å²) in [5.74, 6) is -0.106. The fourth-order valence-electron chi connectivity index (χ4n) is 2.22. The van der Waals surface area contributed by atoms with Crippen LogP contribution in [0.2, 0.25) is 0 Å². The summed E-state index contributed by atoms with van der Waals surface area (Å²) >= 11 is 0. The molecule has 1 aliphatic carbocycles.